The molecule has 144 valence electrons. The predicted molar refractivity (Wildman–Crippen MR) is 107 cm³/mol. The molecule has 0 saturated heterocycles. The molecule has 1 aromatic carbocycles. The topological polar surface area (TPSA) is 90.5 Å². The molecule has 1 unspecified atom stereocenters. The van der Waals surface area contributed by atoms with Crippen molar-refractivity contribution in [3.8, 4) is 5.95 Å². The van der Waals surface area contributed by atoms with E-state index >= 15 is 0 Å². The summed E-state index contributed by atoms with van der Waals surface area (Å²) in [4.78, 5) is 17.3. The number of aryl methyl sites for hydroxylation is 2. The Balaban J connectivity index is 1.86. The van der Waals surface area contributed by atoms with E-state index in [9.17, 15) is 4.79 Å². The van der Waals surface area contributed by atoms with Crippen LogP contribution in [0, 0.1) is 13.8 Å². The smallest absolute Gasteiger partial charge is 0.272 e. The van der Waals surface area contributed by atoms with Crippen molar-refractivity contribution >= 4 is 28.0 Å². The lowest BCUT2D eigenvalue weighted by Crippen LogP contribution is -2.34. The maximum Gasteiger partial charge on any atom is 0.272 e. The number of hydrogen-bond acceptors (Lipinski definition) is 5. The molecule has 4 rings (SSSR count). The zero-order valence-corrected chi connectivity index (χ0v) is 16.5. The second-order valence-corrected chi connectivity index (χ2v) is 7.10. The molecule has 0 aliphatic rings. The summed E-state index contributed by atoms with van der Waals surface area (Å²) in [6.07, 6.45) is 0.880. The molecule has 8 nitrogen and oxygen atoms in total. The molecule has 3 heterocycles. The summed E-state index contributed by atoms with van der Waals surface area (Å²) >= 11 is 0. The quantitative estimate of drug-likeness (QED) is 0.577. The van der Waals surface area contributed by atoms with Gasteiger partial charge in [-0.2, -0.15) is 10.1 Å². The van der Waals surface area contributed by atoms with Crippen LogP contribution in [0.15, 0.2) is 30.3 Å². The van der Waals surface area contributed by atoms with E-state index in [-0.39, 0.29) is 18.5 Å². The second-order valence-electron chi connectivity index (χ2n) is 7.10. The Labute approximate surface area is 162 Å². The third-order valence-electron chi connectivity index (χ3n) is 4.88. The highest BCUT2D eigenvalue weighted by Crippen LogP contribution is 2.26. The summed E-state index contributed by atoms with van der Waals surface area (Å²) in [5.41, 5.74) is 4.02. The van der Waals surface area contributed by atoms with E-state index in [2.05, 4.69) is 20.6 Å². The molecule has 28 heavy (non-hydrogen) atoms. The Morgan fingerprint density at radius 2 is 2.00 bits per heavy atom. The first kappa shape index (κ1) is 18.1. The first-order chi connectivity index (χ1) is 13.5. The molecule has 1 atom stereocenters. The highest BCUT2D eigenvalue weighted by Gasteiger charge is 2.18. The Bertz CT molecular complexity index is 1170. The SMILES string of the molecule is CCC(C)NC(=O)Cn1c2ccccc2c2nnc(-n3nc(C)cc3C)nc21. The summed E-state index contributed by atoms with van der Waals surface area (Å²) in [6.45, 7) is 8.08. The number of nitrogens with one attached hydrogen (secondary N) is 1. The summed E-state index contributed by atoms with van der Waals surface area (Å²) in [6, 6.07) is 9.92. The van der Waals surface area contributed by atoms with Crippen LogP contribution in [0.4, 0.5) is 0 Å². The van der Waals surface area contributed by atoms with Crippen LogP contribution in [-0.2, 0) is 11.3 Å². The molecule has 0 bridgehead atoms. The molecule has 0 fully saturated rings. The third-order valence-corrected chi connectivity index (χ3v) is 4.88. The predicted octanol–water partition coefficient (Wildman–Crippen LogP) is 2.70. The molecule has 0 saturated carbocycles. The minimum atomic E-state index is -0.0525. The molecule has 4 aromatic rings. The van der Waals surface area contributed by atoms with Gasteiger partial charge in [-0.3, -0.25) is 4.79 Å². The lowest BCUT2D eigenvalue weighted by molar-refractivity contribution is -0.122. The van der Waals surface area contributed by atoms with Crippen LogP contribution in [-0.4, -0.2) is 41.5 Å². The Kier molecular flexibility index (Phi) is 4.54. The number of fused-ring (bicyclic) bond motifs is 3. The molecule has 3 aromatic heterocycles. The van der Waals surface area contributed by atoms with Gasteiger partial charge in [0.2, 0.25) is 5.91 Å². The molecule has 8 heteroatoms. The van der Waals surface area contributed by atoms with E-state index < -0.39 is 0 Å². The Morgan fingerprint density at radius 3 is 2.71 bits per heavy atom. The monoisotopic (exact) mass is 377 g/mol. The van der Waals surface area contributed by atoms with E-state index in [1.165, 1.54) is 0 Å². The number of hydrogen-bond donors (Lipinski definition) is 1. The van der Waals surface area contributed by atoms with E-state index in [0.29, 0.717) is 17.1 Å². The van der Waals surface area contributed by atoms with Crippen molar-refractivity contribution in [1.82, 2.24) is 34.8 Å². The highest BCUT2D eigenvalue weighted by atomic mass is 16.2. The van der Waals surface area contributed by atoms with Gasteiger partial charge >= 0.3 is 0 Å². The van der Waals surface area contributed by atoms with Crippen molar-refractivity contribution in [2.24, 2.45) is 0 Å². The average Bonchev–Trinajstić information content (AvgIpc) is 3.18. The largest absolute Gasteiger partial charge is 0.352 e. The molecular formula is C20H23N7O. The van der Waals surface area contributed by atoms with E-state index in [1.807, 2.05) is 62.6 Å². The van der Waals surface area contributed by atoms with Crippen LogP contribution >= 0.6 is 0 Å². The van der Waals surface area contributed by atoms with Gasteiger partial charge in [-0.15, -0.1) is 10.2 Å². The van der Waals surface area contributed by atoms with Crippen LogP contribution in [0.2, 0.25) is 0 Å². The van der Waals surface area contributed by atoms with Gasteiger partial charge < -0.3 is 9.88 Å². The van der Waals surface area contributed by atoms with Gasteiger partial charge in [-0.25, -0.2) is 4.68 Å². The van der Waals surface area contributed by atoms with E-state index in [4.69, 9.17) is 4.98 Å². The van der Waals surface area contributed by atoms with E-state index in [0.717, 1.165) is 28.7 Å². The van der Waals surface area contributed by atoms with E-state index in [1.54, 1.807) is 4.68 Å². The number of aromatic nitrogens is 6. The summed E-state index contributed by atoms with van der Waals surface area (Å²) in [7, 11) is 0. The summed E-state index contributed by atoms with van der Waals surface area (Å²) < 4.78 is 3.56. The molecular weight excluding hydrogens is 354 g/mol. The number of amides is 1. The molecule has 1 amide bonds. The van der Waals surface area contributed by atoms with Gasteiger partial charge in [0.15, 0.2) is 5.65 Å². The van der Waals surface area contributed by atoms with Gasteiger partial charge in [0.05, 0.1) is 11.2 Å². The fraction of sp³-hybridized carbons (Fsp3) is 0.350. The van der Waals surface area contributed by atoms with Crippen molar-refractivity contribution in [3.05, 3.63) is 41.7 Å². The highest BCUT2D eigenvalue weighted by molar-refractivity contribution is 6.04. The lowest BCUT2D eigenvalue weighted by Gasteiger charge is -2.12. The van der Waals surface area contributed by atoms with Crippen LogP contribution in [0.25, 0.3) is 28.0 Å². The fourth-order valence-electron chi connectivity index (χ4n) is 3.34. The molecule has 0 aliphatic carbocycles. The number of carbonyl (C=O) groups is 1. The van der Waals surface area contributed by atoms with Crippen molar-refractivity contribution in [3.63, 3.8) is 0 Å². The average molecular weight is 377 g/mol. The van der Waals surface area contributed by atoms with Crippen LogP contribution in [0.1, 0.15) is 31.7 Å². The maximum absolute atomic E-state index is 12.6. The van der Waals surface area contributed by atoms with Gasteiger partial charge in [0, 0.05) is 17.1 Å². The van der Waals surface area contributed by atoms with Crippen molar-refractivity contribution in [2.45, 2.75) is 46.7 Å². The second kappa shape index (κ2) is 7.03. The molecule has 1 N–H and O–H groups in total. The molecule has 0 radical (unpaired) electrons. The number of nitrogens with zero attached hydrogens (tertiary/aromatic N) is 6. The maximum atomic E-state index is 12.6. The van der Waals surface area contributed by atoms with Gasteiger partial charge in [-0.1, -0.05) is 25.1 Å². The van der Waals surface area contributed by atoms with Crippen LogP contribution in [0.3, 0.4) is 0 Å². The number of benzene rings is 1. The first-order valence-electron chi connectivity index (χ1n) is 9.42. The number of para-hydroxylation sites is 1. The zero-order valence-electron chi connectivity index (χ0n) is 16.5. The number of rotatable bonds is 5. The Hall–Kier alpha value is -3.29. The van der Waals surface area contributed by atoms with Crippen LogP contribution < -0.4 is 5.32 Å². The third kappa shape index (κ3) is 3.11. The van der Waals surface area contributed by atoms with Gasteiger partial charge in [0.1, 0.15) is 12.1 Å². The molecule has 0 aliphatic heterocycles. The summed E-state index contributed by atoms with van der Waals surface area (Å²) in [5.74, 6) is 0.341. The zero-order chi connectivity index (χ0) is 19.8. The normalized spacial score (nSPS) is 12.6. The summed E-state index contributed by atoms with van der Waals surface area (Å²) in [5, 5.41) is 17.1. The minimum absolute atomic E-state index is 0.0525. The van der Waals surface area contributed by atoms with Crippen molar-refractivity contribution in [1.29, 1.82) is 0 Å². The fourth-order valence-corrected chi connectivity index (χ4v) is 3.34. The van der Waals surface area contributed by atoms with Gasteiger partial charge in [-0.05, 0) is 39.3 Å². The van der Waals surface area contributed by atoms with Crippen molar-refractivity contribution in [2.75, 3.05) is 0 Å². The Morgan fingerprint density at radius 1 is 1.21 bits per heavy atom. The first-order valence-corrected chi connectivity index (χ1v) is 9.42. The minimum Gasteiger partial charge on any atom is -0.352 e. The number of carbonyl (C=O) groups excluding carboxylic acids is 1. The standard InChI is InChI=1S/C20H23N7O/c1-5-12(2)21-17(28)11-26-16-9-7-6-8-15(16)18-19(26)22-20(24-23-18)27-14(4)10-13(3)25-27/h6-10,12H,5,11H2,1-4H3,(H,21,28). The van der Waals surface area contributed by atoms with Crippen molar-refractivity contribution < 1.29 is 4.79 Å². The molecule has 0 spiro atoms. The lowest BCUT2D eigenvalue weighted by atomic mass is 10.2. The van der Waals surface area contributed by atoms with Gasteiger partial charge in [0.25, 0.3) is 5.95 Å². The van der Waals surface area contributed by atoms with Crippen LogP contribution in [0.5, 0.6) is 0 Å².